The van der Waals surface area contributed by atoms with Crippen molar-refractivity contribution in [2.24, 2.45) is 0 Å². The van der Waals surface area contributed by atoms with Gasteiger partial charge in [-0.05, 0) is 36.6 Å². The van der Waals surface area contributed by atoms with Crippen LogP contribution in [0.25, 0.3) is 10.9 Å². The number of likely N-dealkylation sites (tertiary alicyclic amines) is 1. The summed E-state index contributed by atoms with van der Waals surface area (Å²) in [6.07, 6.45) is 3.45. The third-order valence-corrected chi connectivity index (χ3v) is 7.72. The molecule has 0 unspecified atom stereocenters. The van der Waals surface area contributed by atoms with E-state index in [-0.39, 0.29) is 35.5 Å². The van der Waals surface area contributed by atoms with Crippen molar-refractivity contribution in [3.63, 3.8) is 0 Å². The molecule has 1 aromatic heterocycles. The number of nitrogens with one attached hydrogen (secondary N) is 2. The monoisotopic (exact) mass is 515 g/mol. The number of H-pyrrole nitrogens is 1. The van der Waals surface area contributed by atoms with Crippen LogP contribution in [0, 0.1) is 23.0 Å². The summed E-state index contributed by atoms with van der Waals surface area (Å²) in [6.45, 7) is 0.00544. The van der Waals surface area contributed by atoms with E-state index in [9.17, 15) is 28.4 Å². The number of aromatic amines is 1. The first-order chi connectivity index (χ1) is 18.2. The zero-order valence-electron chi connectivity index (χ0n) is 20.4. The lowest BCUT2D eigenvalue weighted by atomic mass is 9.80. The van der Waals surface area contributed by atoms with Gasteiger partial charge in [0.2, 0.25) is 5.91 Å². The molecule has 1 saturated carbocycles. The van der Waals surface area contributed by atoms with Crippen molar-refractivity contribution in [3.8, 4) is 6.07 Å². The Hall–Kier alpha value is -4.52. The fourth-order valence-electron chi connectivity index (χ4n) is 5.56. The van der Waals surface area contributed by atoms with Crippen LogP contribution in [0.5, 0.6) is 0 Å². The smallest absolute Gasteiger partial charge is 0.270 e. The maximum Gasteiger partial charge on any atom is 0.270 e. The summed E-state index contributed by atoms with van der Waals surface area (Å²) in [4.78, 5) is 45.9. The number of hydrogen-bond donors (Lipinski definition) is 2. The molecule has 3 atom stereocenters. The molecular formula is C28H23F2N5O3. The summed E-state index contributed by atoms with van der Waals surface area (Å²) in [5.41, 5.74) is 1.48. The van der Waals surface area contributed by atoms with E-state index in [1.807, 2.05) is 12.1 Å². The topological polar surface area (TPSA) is 109 Å². The van der Waals surface area contributed by atoms with Crippen LogP contribution in [-0.4, -0.2) is 58.2 Å². The minimum absolute atomic E-state index is 0.00202. The summed E-state index contributed by atoms with van der Waals surface area (Å²) in [6, 6.07) is 10.6. The average molecular weight is 516 g/mol. The van der Waals surface area contributed by atoms with Gasteiger partial charge in [-0.1, -0.05) is 29.8 Å². The van der Waals surface area contributed by atoms with Crippen LogP contribution in [0.1, 0.15) is 35.3 Å². The second kappa shape index (κ2) is 8.52. The van der Waals surface area contributed by atoms with Crippen LogP contribution >= 0.6 is 0 Å². The number of likely N-dealkylation sites (N-methyl/N-ethyl adjacent to an activating group) is 1. The summed E-state index contributed by atoms with van der Waals surface area (Å²) < 4.78 is 27.9. The van der Waals surface area contributed by atoms with Gasteiger partial charge in [-0.2, -0.15) is 5.26 Å². The van der Waals surface area contributed by atoms with Crippen molar-refractivity contribution in [1.82, 2.24) is 14.8 Å². The van der Waals surface area contributed by atoms with E-state index in [0.717, 1.165) is 36.1 Å². The molecule has 3 heterocycles. The molecule has 0 radical (unpaired) electrons. The molecule has 3 amide bonds. The van der Waals surface area contributed by atoms with Gasteiger partial charge in [0.1, 0.15) is 29.4 Å². The van der Waals surface area contributed by atoms with Crippen molar-refractivity contribution in [3.05, 3.63) is 77.0 Å². The van der Waals surface area contributed by atoms with E-state index in [4.69, 9.17) is 0 Å². The van der Waals surface area contributed by atoms with Crippen LogP contribution in [-0.2, 0) is 15.0 Å². The van der Waals surface area contributed by atoms with Crippen molar-refractivity contribution >= 4 is 34.3 Å². The Morgan fingerprint density at radius 1 is 1.24 bits per heavy atom. The second-order valence-electron chi connectivity index (χ2n) is 10.1. The molecule has 0 bridgehead atoms. The number of hydrogen-bond acceptors (Lipinski definition) is 4. The van der Waals surface area contributed by atoms with Gasteiger partial charge in [0.15, 0.2) is 0 Å². The molecule has 6 rings (SSSR count). The van der Waals surface area contributed by atoms with E-state index in [1.165, 1.54) is 22.9 Å². The molecule has 192 valence electrons. The van der Waals surface area contributed by atoms with Crippen molar-refractivity contribution in [1.29, 1.82) is 5.26 Å². The molecule has 3 aliphatic rings. The zero-order chi connectivity index (χ0) is 26.8. The van der Waals surface area contributed by atoms with Crippen LogP contribution < -0.4 is 5.32 Å². The van der Waals surface area contributed by atoms with E-state index in [1.54, 1.807) is 18.2 Å². The van der Waals surface area contributed by atoms with Gasteiger partial charge in [-0.15, -0.1) is 0 Å². The number of fused-ring (bicyclic) bond motifs is 3. The number of aromatic nitrogens is 1. The number of para-hydroxylation sites is 1. The van der Waals surface area contributed by atoms with Crippen molar-refractivity contribution in [2.45, 2.75) is 36.8 Å². The highest BCUT2D eigenvalue weighted by Crippen LogP contribution is 2.46. The molecule has 38 heavy (non-hydrogen) atoms. The third kappa shape index (κ3) is 3.65. The fourth-order valence-corrected chi connectivity index (χ4v) is 5.56. The Bertz CT molecular complexity index is 1600. The molecule has 1 saturated heterocycles. The molecule has 1 aliphatic carbocycles. The highest BCUT2D eigenvalue weighted by Gasteiger charge is 2.56. The fraction of sp³-hybridized carbons (Fsp3) is 0.286. The lowest BCUT2D eigenvalue weighted by Crippen LogP contribution is -2.50. The van der Waals surface area contributed by atoms with Crippen molar-refractivity contribution in [2.75, 3.05) is 18.9 Å². The summed E-state index contributed by atoms with van der Waals surface area (Å²) in [5, 5.41) is 12.9. The molecule has 2 aliphatic heterocycles. The van der Waals surface area contributed by atoms with Gasteiger partial charge in [-0.25, -0.2) is 8.78 Å². The van der Waals surface area contributed by atoms with Gasteiger partial charge in [-0.3, -0.25) is 14.4 Å². The van der Waals surface area contributed by atoms with E-state index in [2.05, 4.69) is 16.4 Å². The lowest BCUT2D eigenvalue weighted by molar-refractivity contribution is -0.134. The van der Waals surface area contributed by atoms with Gasteiger partial charge < -0.3 is 20.1 Å². The largest absolute Gasteiger partial charge is 0.350 e. The predicted molar refractivity (Wildman–Crippen MR) is 134 cm³/mol. The minimum atomic E-state index is -1.05. The Kier molecular flexibility index (Phi) is 5.35. The van der Waals surface area contributed by atoms with Gasteiger partial charge >= 0.3 is 0 Å². The summed E-state index contributed by atoms with van der Waals surface area (Å²) in [7, 11) is 1.46. The predicted octanol–water partition coefficient (Wildman–Crippen LogP) is 3.62. The second-order valence-corrected chi connectivity index (χ2v) is 10.1. The van der Waals surface area contributed by atoms with Crippen LogP contribution in [0.2, 0.25) is 0 Å². The summed E-state index contributed by atoms with van der Waals surface area (Å²) >= 11 is 0. The third-order valence-electron chi connectivity index (χ3n) is 7.72. The molecule has 2 aromatic carbocycles. The molecule has 1 spiro atoms. The number of carbonyl (C=O) groups is 3. The van der Waals surface area contributed by atoms with E-state index >= 15 is 0 Å². The highest BCUT2D eigenvalue weighted by atomic mass is 19.1. The number of carbonyl (C=O) groups excluding carboxylic acids is 3. The molecular weight excluding hydrogens is 492 g/mol. The number of anilines is 1. The lowest BCUT2D eigenvalue weighted by Gasteiger charge is -2.30. The Balaban J connectivity index is 1.33. The highest BCUT2D eigenvalue weighted by molar-refractivity contribution is 6.07. The normalized spacial score (nSPS) is 22.3. The standard InChI is InChI=1S/C28H23F2N5O3/c1-34(25(36)23-11-18-20(30)9-16(29)10-22(18)32-23)24(8-15-6-7-15)26(37)35-14-28(12-17(35)13-31)19-4-2-3-5-21(19)33-27(28)38/h2-5,8-11,17,24,32H,6-7,12,14H2,1H3,(H,33,38)/t17-,24-,28-/m0/s1. The maximum absolute atomic E-state index is 14.2. The number of halogens is 2. The van der Waals surface area contributed by atoms with E-state index < -0.39 is 40.9 Å². The van der Waals surface area contributed by atoms with Crippen LogP contribution in [0.3, 0.4) is 0 Å². The number of benzene rings is 2. The first kappa shape index (κ1) is 23.9. The molecule has 10 heteroatoms. The maximum atomic E-state index is 14.2. The van der Waals surface area contributed by atoms with Crippen molar-refractivity contribution < 1.29 is 23.2 Å². The number of amides is 3. The zero-order valence-corrected chi connectivity index (χ0v) is 20.4. The SMILES string of the molecule is CN(C(=O)c1cc2c(F)cc(F)cc2[nH]1)[C@@H](C=C1CC1)C(=O)N1C[C@]2(C[C@H]1C#N)C(=O)Nc1ccccc12. The molecule has 2 fully saturated rings. The molecule has 3 aromatic rings. The van der Waals surface area contributed by atoms with E-state index in [0.29, 0.717) is 5.69 Å². The first-order valence-corrected chi connectivity index (χ1v) is 12.3. The van der Waals surface area contributed by atoms with Crippen LogP contribution in [0.15, 0.2) is 54.1 Å². The Morgan fingerprint density at radius 2 is 2.00 bits per heavy atom. The Labute approximate surface area is 216 Å². The van der Waals surface area contributed by atoms with Gasteiger partial charge in [0.05, 0.1) is 17.0 Å². The average Bonchev–Trinajstić information content (AvgIpc) is 3.37. The number of nitrogens with zero attached hydrogens (tertiary/aromatic N) is 3. The van der Waals surface area contributed by atoms with Gasteiger partial charge in [0.25, 0.3) is 11.8 Å². The minimum Gasteiger partial charge on any atom is -0.350 e. The Morgan fingerprint density at radius 3 is 2.74 bits per heavy atom. The number of allylic oxidation sites excluding steroid dienone is 1. The summed E-state index contributed by atoms with van der Waals surface area (Å²) in [5.74, 6) is -2.92. The number of rotatable bonds is 4. The van der Waals surface area contributed by atoms with Crippen LogP contribution in [0.4, 0.5) is 14.5 Å². The molecule has 2 N–H and O–H groups in total. The van der Waals surface area contributed by atoms with Gasteiger partial charge in [0, 0.05) is 37.2 Å². The quantitative estimate of drug-likeness (QED) is 0.518. The molecule has 8 nitrogen and oxygen atoms in total. The number of nitriles is 1. The first-order valence-electron chi connectivity index (χ1n) is 12.3.